The fourth-order valence-electron chi connectivity index (χ4n) is 2.08. The third-order valence-electron chi connectivity index (χ3n) is 3.05. The van der Waals surface area contributed by atoms with Gasteiger partial charge in [-0.2, -0.15) is 0 Å². The second-order valence-corrected chi connectivity index (χ2v) is 4.45. The number of hydrogen-bond acceptors (Lipinski definition) is 4. The van der Waals surface area contributed by atoms with Crippen LogP contribution in [0.25, 0.3) is 0 Å². The molecule has 1 aliphatic heterocycles. The minimum atomic E-state index is -0.472. The van der Waals surface area contributed by atoms with E-state index in [1.807, 2.05) is 30.3 Å². The lowest BCUT2D eigenvalue weighted by molar-refractivity contribution is 0.119. The third kappa shape index (κ3) is 3.51. The summed E-state index contributed by atoms with van der Waals surface area (Å²) in [6.45, 7) is 0.936. The highest BCUT2D eigenvalue weighted by atomic mass is 16.5. The minimum Gasteiger partial charge on any atom is -0.395 e. The molecule has 1 fully saturated rings. The van der Waals surface area contributed by atoms with Gasteiger partial charge in [-0.05, 0) is 12.0 Å². The molecule has 0 aliphatic carbocycles. The molecule has 94 valence electrons. The van der Waals surface area contributed by atoms with Crippen LogP contribution in [0.5, 0.6) is 0 Å². The summed E-state index contributed by atoms with van der Waals surface area (Å²) in [4.78, 5) is 0. The van der Waals surface area contributed by atoms with Gasteiger partial charge in [-0.25, -0.2) is 0 Å². The lowest BCUT2D eigenvalue weighted by atomic mass is 10.0. The molecule has 3 unspecified atom stereocenters. The Morgan fingerprint density at radius 3 is 2.65 bits per heavy atom. The van der Waals surface area contributed by atoms with E-state index in [1.165, 1.54) is 5.56 Å². The van der Waals surface area contributed by atoms with E-state index in [2.05, 4.69) is 5.32 Å². The Bertz CT molecular complexity index is 331. The smallest absolute Gasteiger partial charge is 0.0948 e. The average Bonchev–Trinajstić information content (AvgIpc) is 2.75. The maximum absolute atomic E-state index is 9.63. The van der Waals surface area contributed by atoms with Gasteiger partial charge >= 0.3 is 0 Å². The van der Waals surface area contributed by atoms with Gasteiger partial charge in [0.1, 0.15) is 0 Å². The quantitative estimate of drug-likeness (QED) is 0.671. The van der Waals surface area contributed by atoms with Crippen LogP contribution in [0.3, 0.4) is 0 Å². The maximum Gasteiger partial charge on any atom is 0.0948 e. The highest BCUT2D eigenvalue weighted by molar-refractivity contribution is 5.16. The first kappa shape index (κ1) is 12.5. The van der Waals surface area contributed by atoms with Crippen molar-refractivity contribution in [3.8, 4) is 0 Å². The van der Waals surface area contributed by atoms with Crippen molar-refractivity contribution in [2.45, 2.75) is 24.6 Å². The van der Waals surface area contributed by atoms with E-state index in [0.29, 0.717) is 13.2 Å². The van der Waals surface area contributed by atoms with Crippen LogP contribution >= 0.6 is 0 Å². The maximum atomic E-state index is 9.63. The average molecular weight is 237 g/mol. The van der Waals surface area contributed by atoms with Gasteiger partial charge in [0, 0.05) is 6.04 Å². The molecule has 4 nitrogen and oxygen atoms in total. The van der Waals surface area contributed by atoms with Gasteiger partial charge in [0.15, 0.2) is 0 Å². The first-order valence-corrected chi connectivity index (χ1v) is 5.96. The lowest BCUT2D eigenvalue weighted by Crippen LogP contribution is -2.47. The van der Waals surface area contributed by atoms with Crippen molar-refractivity contribution in [1.82, 2.24) is 5.32 Å². The van der Waals surface area contributed by atoms with Crippen molar-refractivity contribution in [2.24, 2.45) is 0 Å². The van der Waals surface area contributed by atoms with Gasteiger partial charge in [-0.15, -0.1) is 0 Å². The van der Waals surface area contributed by atoms with Crippen LogP contribution in [-0.2, 0) is 11.2 Å². The zero-order valence-corrected chi connectivity index (χ0v) is 9.75. The molecule has 2 rings (SSSR count). The van der Waals surface area contributed by atoms with Crippen LogP contribution in [0.4, 0.5) is 0 Å². The SMILES string of the molecule is OCC(Cc1ccccc1)NC1COCC1O. The van der Waals surface area contributed by atoms with Crippen molar-refractivity contribution >= 4 is 0 Å². The van der Waals surface area contributed by atoms with Gasteiger partial charge in [0.05, 0.1) is 32.0 Å². The Hall–Kier alpha value is -0.940. The first-order valence-electron chi connectivity index (χ1n) is 5.96. The fraction of sp³-hybridized carbons (Fsp3) is 0.538. The first-order chi connectivity index (χ1) is 8.29. The van der Waals surface area contributed by atoms with Crippen molar-refractivity contribution in [3.05, 3.63) is 35.9 Å². The van der Waals surface area contributed by atoms with Gasteiger partial charge in [0.2, 0.25) is 0 Å². The molecule has 4 heteroatoms. The van der Waals surface area contributed by atoms with Crippen LogP contribution in [0.1, 0.15) is 5.56 Å². The summed E-state index contributed by atoms with van der Waals surface area (Å²) in [5.41, 5.74) is 1.17. The van der Waals surface area contributed by atoms with E-state index >= 15 is 0 Å². The Morgan fingerprint density at radius 2 is 2.06 bits per heavy atom. The number of ether oxygens (including phenoxy) is 1. The molecule has 0 saturated carbocycles. The number of nitrogens with one attached hydrogen (secondary N) is 1. The van der Waals surface area contributed by atoms with Crippen molar-refractivity contribution in [3.63, 3.8) is 0 Å². The van der Waals surface area contributed by atoms with Crippen molar-refractivity contribution in [1.29, 1.82) is 0 Å². The number of rotatable bonds is 5. The van der Waals surface area contributed by atoms with E-state index in [1.54, 1.807) is 0 Å². The normalized spacial score (nSPS) is 26.0. The molecule has 1 aliphatic rings. The monoisotopic (exact) mass is 237 g/mol. The zero-order chi connectivity index (χ0) is 12.1. The Kier molecular flexibility index (Phi) is 4.50. The summed E-state index contributed by atoms with van der Waals surface area (Å²) < 4.78 is 5.17. The molecule has 0 radical (unpaired) electrons. The summed E-state index contributed by atoms with van der Waals surface area (Å²) in [6.07, 6.45) is 0.278. The number of aliphatic hydroxyl groups is 2. The van der Waals surface area contributed by atoms with Gasteiger partial charge in [-0.3, -0.25) is 0 Å². The predicted octanol–water partition coefficient (Wildman–Crippen LogP) is -0.0607. The molecule has 0 bridgehead atoms. The summed E-state index contributed by atoms with van der Waals surface area (Å²) in [5, 5.41) is 22.2. The summed E-state index contributed by atoms with van der Waals surface area (Å²) in [7, 11) is 0. The van der Waals surface area contributed by atoms with E-state index in [9.17, 15) is 10.2 Å². The minimum absolute atomic E-state index is 0.0428. The van der Waals surface area contributed by atoms with Gasteiger partial charge < -0.3 is 20.3 Å². The molecule has 1 aromatic carbocycles. The highest BCUT2D eigenvalue weighted by Crippen LogP contribution is 2.09. The van der Waals surface area contributed by atoms with Crippen LogP contribution in [0.2, 0.25) is 0 Å². The standard InChI is InChI=1S/C13H19NO3/c15-7-11(6-10-4-2-1-3-5-10)14-12-8-17-9-13(12)16/h1-5,11-16H,6-9H2. The van der Waals surface area contributed by atoms with Crippen molar-refractivity contribution < 1.29 is 14.9 Å². The van der Waals surface area contributed by atoms with Crippen molar-refractivity contribution in [2.75, 3.05) is 19.8 Å². The Morgan fingerprint density at radius 1 is 1.29 bits per heavy atom. The topological polar surface area (TPSA) is 61.7 Å². The molecular formula is C13H19NO3. The third-order valence-corrected chi connectivity index (χ3v) is 3.05. The van der Waals surface area contributed by atoms with E-state index in [4.69, 9.17) is 4.74 Å². The summed E-state index contributed by atoms with van der Waals surface area (Å²) in [5.74, 6) is 0. The van der Waals surface area contributed by atoms with Gasteiger partial charge in [-0.1, -0.05) is 30.3 Å². The van der Waals surface area contributed by atoms with Gasteiger partial charge in [0.25, 0.3) is 0 Å². The van der Waals surface area contributed by atoms with Crippen LogP contribution < -0.4 is 5.32 Å². The Labute approximate surface area is 101 Å². The molecule has 0 amide bonds. The van der Waals surface area contributed by atoms with E-state index in [0.717, 1.165) is 6.42 Å². The molecule has 3 N–H and O–H groups in total. The van der Waals surface area contributed by atoms with Crippen LogP contribution in [-0.4, -0.2) is 48.2 Å². The second-order valence-electron chi connectivity index (χ2n) is 4.45. The fourth-order valence-corrected chi connectivity index (χ4v) is 2.08. The molecular weight excluding hydrogens is 218 g/mol. The molecule has 1 aromatic rings. The van der Waals surface area contributed by atoms with Crippen LogP contribution in [0, 0.1) is 0 Å². The number of hydrogen-bond donors (Lipinski definition) is 3. The zero-order valence-electron chi connectivity index (χ0n) is 9.75. The Balaban J connectivity index is 1.88. The second kappa shape index (κ2) is 6.12. The molecule has 0 aromatic heterocycles. The molecule has 0 spiro atoms. The molecule has 1 saturated heterocycles. The molecule has 17 heavy (non-hydrogen) atoms. The summed E-state index contributed by atoms with van der Waals surface area (Å²) >= 11 is 0. The number of aliphatic hydroxyl groups excluding tert-OH is 2. The van der Waals surface area contributed by atoms with Crippen LogP contribution in [0.15, 0.2) is 30.3 Å². The predicted molar refractivity (Wildman–Crippen MR) is 64.8 cm³/mol. The largest absolute Gasteiger partial charge is 0.395 e. The van der Waals surface area contributed by atoms with E-state index < -0.39 is 6.10 Å². The molecule has 3 atom stereocenters. The lowest BCUT2D eigenvalue weighted by Gasteiger charge is -2.22. The number of benzene rings is 1. The summed E-state index contributed by atoms with van der Waals surface area (Å²) in [6, 6.07) is 9.89. The molecule has 1 heterocycles. The van der Waals surface area contributed by atoms with E-state index in [-0.39, 0.29) is 18.7 Å². The highest BCUT2D eigenvalue weighted by Gasteiger charge is 2.27.